The molecule has 2 amide bonds. The van der Waals surface area contributed by atoms with Crippen LogP contribution < -0.4 is 20.7 Å². The van der Waals surface area contributed by atoms with E-state index in [-0.39, 0.29) is 36.7 Å². The lowest BCUT2D eigenvalue weighted by Crippen LogP contribution is -2.43. The summed E-state index contributed by atoms with van der Waals surface area (Å²) in [6, 6.07) is 5.39. The van der Waals surface area contributed by atoms with Gasteiger partial charge in [-0.1, -0.05) is 24.4 Å². The molecule has 150 valence electrons. The van der Waals surface area contributed by atoms with Crippen molar-refractivity contribution in [3.63, 3.8) is 0 Å². The van der Waals surface area contributed by atoms with Gasteiger partial charge in [0.15, 0.2) is 0 Å². The molecule has 3 atom stereocenters. The highest BCUT2D eigenvalue weighted by atomic mass is 35.5. The van der Waals surface area contributed by atoms with Gasteiger partial charge in [0.2, 0.25) is 11.8 Å². The molecule has 2 aliphatic rings. The first kappa shape index (κ1) is 21.8. The zero-order chi connectivity index (χ0) is 18.5. The van der Waals surface area contributed by atoms with E-state index in [4.69, 9.17) is 16.3 Å². The van der Waals surface area contributed by atoms with Gasteiger partial charge in [-0.05, 0) is 43.4 Å². The Kier molecular flexibility index (Phi) is 8.20. The van der Waals surface area contributed by atoms with Crippen LogP contribution in [0.5, 0.6) is 5.75 Å². The number of rotatable bonds is 6. The molecule has 3 rings (SSSR count). The number of fused-ring (bicyclic) bond motifs is 1. The molecule has 1 aromatic rings. The third kappa shape index (κ3) is 5.74. The molecule has 1 heterocycles. The second-order valence-corrected chi connectivity index (χ2v) is 7.48. The summed E-state index contributed by atoms with van der Waals surface area (Å²) in [4.78, 5) is 24.5. The number of carbonyl (C=O) groups is 2. The van der Waals surface area contributed by atoms with Crippen molar-refractivity contribution in [2.75, 3.05) is 19.0 Å². The summed E-state index contributed by atoms with van der Waals surface area (Å²) in [7, 11) is 1.53. The maximum Gasteiger partial charge on any atom is 0.237 e. The van der Waals surface area contributed by atoms with Gasteiger partial charge in [-0.2, -0.15) is 0 Å². The van der Waals surface area contributed by atoms with Gasteiger partial charge in [-0.3, -0.25) is 9.59 Å². The number of methoxy groups -OCH3 is 1. The van der Waals surface area contributed by atoms with Crippen molar-refractivity contribution >= 4 is 41.5 Å². The Bertz CT molecular complexity index is 658. The van der Waals surface area contributed by atoms with Crippen molar-refractivity contribution in [3.8, 4) is 5.75 Å². The quantitative estimate of drug-likeness (QED) is 0.666. The lowest BCUT2D eigenvalue weighted by molar-refractivity contribution is -0.123. The largest absolute Gasteiger partial charge is 0.495 e. The average molecular weight is 416 g/mol. The van der Waals surface area contributed by atoms with E-state index in [2.05, 4.69) is 16.0 Å². The van der Waals surface area contributed by atoms with Gasteiger partial charge in [0.1, 0.15) is 5.75 Å². The van der Waals surface area contributed by atoms with Gasteiger partial charge in [-0.15, -0.1) is 12.4 Å². The molecule has 3 unspecified atom stereocenters. The number of ether oxygens (including phenoxy) is 1. The van der Waals surface area contributed by atoms with Crippen LogP contribution in [0.15, 0.2) is 18.2 Å². The van der Waals surface area contributed by atoms with Crippen LogP contribution in [-0.2, 0) is 9.59 Å². The summed E-state index contributed by atoms with van der Waals surface area (Å²) in [5.74, 6) is 0.967. The SMILES string of the molecule is COc1ccc(Cl)cc1NC(=O)CCNC(=O)C1CC2CCCCC2N1.Cl. The van der Waals surface area contributed by atoms with Crippen molar-refractivity contribution in [2.45, 2.75) is 50.6 Å². The van der Waals surface area contributed by atoms with Crippen molar-refractivity contribution in [3.05, 3.63) is 23.2 Å². The van der Waals surface area contributed by atoms with E-state index in [0.717, 1.165) is 6.42 Å². The number of amides is 2. The molecule has 3 N–H and O–H groups in total. The Balaban J connectivity index is 0.00000261. The van der Waals surface area contributed by atoms with E-state index in [1.54, 1.807) is 18.2 Å². The summed E-state index contributed by atoms with van der Waals surface area (Å²) in [6.07, 6.45) is 5.99. The topological polar surface area (TPSA) is 79.5 Å². The van der Waals surface area contributed by atoms with Crippen molar-refractivity contribution < 1.29 is 14.3 Å². The number of hydrogen-bond donors (Lipinski definition) is 3. The first-order valence-corrected chi connectivity index (χ1v) is 9.62. The molecular weight excluding hydrogens is 389 g/mol. The first-order valence-electron chi connectivity index (χ1n) is 9.24. The van der Waals surface area contributed by atoms with E-state index in [1.165, 1.54) is 32.8 Å². The Labute approximate surface area is 171 Å². The molecule has 0 spiro atoms. The number of hydrogen-bond acceptors (Lipinski definition) is 4. The van der Waals surface area contributed by atoms with E-state index >= 15 is 0 Å². The van der Waals surface area contributed by atoms with E-state index in [1.807, 2.05) is 0 Å². The molecule has 1 aliphatic carbocycles. The van der Waals surface area contributed by atoms with Crippen LogP contribution in [0.4, 0.5) is 5.69 Å². The summed E-state index contributed by atoms with van der Waals surface area (Å²) in [6.45, 7) is 0.307. The predicted octanol–water partition coefficient (Wildman–Crippen LogP) is 3.14. The fourth-order valence-corrected chi connectivity index (χ4v) is 4.11. The molecule has 2 fully saturated rings. The minimum atomic E-state index is -0.195. The fraction of sp³-hybridized carbons (Fsp3) is 0.579. The van der Waals surface area contributed by atoms with Crippen LogP contribution in [0.1, 0.15) is 38.5 Å². The molecule has 0 radical (unpaired) electrons. The monoisotopic (exact) mass is 415 g/mol. The van der Waals surface area contributed by atoms with Crippen molar-refractivity contribution in [1.82, 2.24) is 10.6 Å². The minimum absolute atomic E-state index is 0. The molecule has 1 aliphatic heterocycles. The Morgan fingerprint density at radius 3 is 2.81 bits per heavy atom. The Morgan fingerprint density at radius 1 is 1.30 bits per heavy atom. The maximum atomic E-state index is 12.3. The van der Waals surface area contributed by atoms with Crippen LogP contribution in [0.25, 0.3) is 0 Å². The van der Waals surface area contributed by atoms with Crippen molar-refractivity contribution in [2.24, 2.45) is 5.92 Å². The highest BCUT2D eigenvalue weighted by Crippen LogP contribution is 2.33. The van der Waals surface area contributed by atoms with Crippen LogP contribution in [0.3, 0.4) is 0 Å². The molecule has 1 aromatic carbocycles. The molecule has 6 nitrogen and oxygen atoms in total. The number of carbonyl (C=O) groups excluding carboxylic acids is 2. The number of halogens is 2. The second-order valence-electron chi connectivity index (χ2n) is 7.04. The maximum absolute atomic E-state index is 12.3. The molecule has 1 saturated carbocycles. The molecular formula is C19H27Cl2N3O3. The van der Waals surface area contributed by atoms with Crippen LogP contribution in [-0.4, -0.2) is 37.6 Å². The summed E-state index contributed by atoms with van der Waals surface area (Å²) in [5, 5.41) is 9.61. The molecule has 27 heavy (non-hydrogen) atoms. The number of nitrogens with one attached hydrogen (secondary N) is 3. The van der Waals surface area contributed by atoms with E-state index in [0.29, 0.717) is 35.0 Å². The smallest absolute Gasteiger partial charge is 0.237 e. The van der Waals surface area contributed by atoms with Gasteiger partial charge in [0, 0.05) is 24.0 Å². The zero-order valence-corrected chi connectivity index (χ0v) is 17.0. The number of anilines is 1. The van der Waals surface area contributed by atoms with E-state index in [9.17, 15) is 9.59 Å². The van der Waals surface area contributed by atoms with Crippen LogP contribution >= 0.6 is 24.0 Å². The Hall–Kier alpha value is -1.50. The second kappa shape index (κ2) is 10.2. The minimum Gasteiger partial charge on any atom is -0.495 e. The highest BCUT2D eigenvalue weighted by molar-refractivity contribution is 6.31. The number of benzene rings is 1. The highest BCUT2D eigenvalue weighted by Gasteiger charge is 2.37. The summed E-state index contributed by atoms with van der Waals surface area (Å²) in [5.41, 5.74) is 0.526. The average Bonchev–Trinajstić information content (AvgIpc) is 3.06. The van der Waals surface area contributed by atoms with E-state index < -0.39 is 0 Å². The van der Waals surface area contributed by atoms with Crippen LogP contribution in [0.2, 0.25) is 5.02 Å². The summed E-state index contributed by atoms with van der Waals surface area (Å²) < 4.78 is 5.21. The van der Waals surface area contributed by atoms with Crippen molar-refractivity contribution in [1.29, 1.82) is 0 Å². The lowest BCUT2D eigenvalue weighted by atomic mass is 9.85. The summed E-state index contributed by atoms with van der Waals surface area (Å²) >= 11 is 5.96. The standard InChI is InChI=1S/C19H26ClN3O3.ClH/c1-26-17-7-6-13(20)11-15(17)23-18(24)8-9-21-19(25)16-10-12-4-2-3-5-14(12)22-16;/h6-7,11-12,14,16,22H,2-5,8-10H2,1H3,(H,21,25)(H,23,24);1H. The normalized spacial score (nSPS) is 23.7. The zero-order valence-electron chi connectivity index (χ0n) is 15.4. The van der Waals surface area contributed by atoms with Gasteiger partial charge < -0.3 is 20.7 Å². The van der Waals surface area contributed by atoms with Crippen LogP contribution in [0, 0.1) is 5.92 Å². The lowest BCUT2D eigenvalue weighted by Gasteiger charge is -2.24. The molecule has 0 aromatic heterocycles. The van der Waals surface area contributed by atoms with Gasteiger partial charge in [0.25, 0.3) is 0 Å². The van der Waals surface area contributed by atoms with Gasteiger partial charge in [0.05, 0.1) is 18.8 Å². The molecule has 8 heteroatoms. The molecule has 0 bridgehead atoms. The third-order valence-electron chi connectivity index (χ3n) is 5.27. The van der Waals surface area contributed by atoms with Gasteiger partial charge in [-0.25, -0.2) is 0 Å². The first-order chi connectivity index (χ1) is 12.6. The fourth-order valence-electron chi connectivity index (χ4n) is 3.93. The molecule has 1 saturated heterocycles. The third-order valence-corrected chi connectivity index (χ3v) is 5.50. The van der Waals surface area contributed by atoms with Gasteiger partial charge >= 0.3 is 0 Å². The predicted molar refractivity (Wildman–Crippen MR) is 109 cm³/mol. The Morgan fingerprint density at radius 2 is 2.07 bits per heavy atom.